The molecule has 1 saturated carbocycles. The van der Waals surface area contributed by atoms with Crippen molar-refractivity contribution in [3.8, 4) is 11.5 Å². The lowest BCUT2D eigenvalue weighted by atomic mass is 9.86. The Bertz CT molecular complexity index is 821. The molecule has 6 heteroatoms. The van der Waals surface area contributed by atoms with Crippen LogP contribution in [0.5, 0.6) is 11.5 Å². The molecule has 1 fully saturated rings. The molecule has 0 unspecified atom stereocenters. The molecule has 2 N–H and O–H groups in total. The number of fused-ring (bicyclic) bond motifs is 1. The van der Waals surface area contributed by atoms with E-state index < -0.39 is 11.9 Å². The molecule has 2 aromatic rings. The molecule has 0 bridgehead atoms. The largest absolute Gasteiger partial charge is 0.497 e. The van der Waals surface area contributed by atoms with Gasteiger partial charge in [0.25, 0.3) is 5.91 Å². The van der Waals surface area contributed by atoms with E-state index in [-0.39, 0.29) is 12.6 Å². The summed E-state index contributed by atoms with van der Waals surface area (Å²) in [7, 11) is 1.62. The van der Waals surface area contributed by atoms with Gasteiger partial charge in [-0.25, -0.2) is 4.79 Å². The lowest BCUT2D eigenvalue weighted by Gasteiger charge is -2.29. The maximum Gasteiger partial charge on any atom is 0.321 e. The van der Waals surface area contributed by atoms with Gasteiger partial charge in [-0.3, -0.25) is 10.1 Å². The van der Waals surface area contributed by atoms with Gasteiger partial charge in [0.1, 0.15) is 11.5 Å². The second kappa shape index (κ2) is 8.75. The molecule has 0 spiro atoms. The summed E-state index contributed by atoms with van der Waals surface area (Å²) < 4.78 is 10.8. The Kier molecular flexibility index (Phi) is 6.16. The summed E-state index contributed by atoms with van der Waals surface area (Å²) in [6.45, 7) is 1.91. The molecule has 144 valence electrons. The molecule has 0 aromatic heterocycles. The average Bonchev–Trinajstić information content (AvgIpc) is 2.67. The van der Waals surface area contributed by atoms with E-state index in [1.807, 2.05) is 30.3 Å². The number of imide groups is 1. The SMILES string of the molecule is COc1ccc2ccc(OCC(=O)NC(=O)N[C@H]3CCCC[C@H]3C)cc2c1. The van der Waals surface area contributed by atoms with Gasteiger partial charge in [-0.1, -0.05) is 31.9 Å². The van der Waals surface area contributed by atoms with Crippen molar-refractivity contribution >= 4 is 22.7 Å². The Morgan fingerprint density at radius 3 is 2.48 bits per heavy atom. The summed E-state index contributed by atoms with van der Waals surface area (Å²) in [5.41, 5.74) is 0. The van der Waals surface area contributed by atoms with Crippen molar-refractivity contribution in [3.63, 3.8) is 0 Å². The number of carbonyl (C=O) groups is 2. The number of hydrogen-bond acceptors (Lipinski definition) is 4. The highest BCUT2D eigenvalue weighted by molar-refractivity contribution is 5.95. The van der Waals surface area contributed by atoms with Crippen molar-refractivity contribution in [1.82, 2.24) is 10.6 Å². The van der Waals surface area contributed by atoms with Crippen LogP contribution in [-0.2, 0) is 4.79 Å². The van der Waals surface area contributed by atoms with Gasteiger partial charge in [0.15, 0.2) is 6.61 Å². The first kappa shape index (κ1) is 19.0. The third-order valence-corrected chi connectivity index (χ3v) is 5.07. The number of amides is 3. The lowest BCUT2D eigenvalue weighted by Crippen LogP contribution is -2.48. The van der Waals surface area contributed by atoms with Crippen LogP contribution >= 0.6 is 0 Å². The highest BCUT2D eigenvalue weighted by Gasteiger charge is 2.23. The Balaban J connectivity index is 1.51. The van der Waals surface area contributed by atoms with Gasteiger partial charge in [-0.15, -0.1) is 0 Å². The first-order valence-corrected chi connectivity index (χ1v) is 9.36. The molecule has 0 saturated heterocycles. The Morgan fingerprint density at radius 2 is 1.74 bits per heavy atom. The Hall–Kier alpha value is -2.76. The van der Waals surface area contributed by atoms with Gasteiger partial charge in [0.05, 0.1) is 7.11 Å². The summed E-state index contributed by atoms with van der Waals surface area (Å²) in [5.74, 6) is 1.28. The summed E-state index contributed by atoms with van der Waals surface area (Å²) in [6, 6.07) is 11.0. The Labute approximate surface area is 159 Å². The molecule has 3 rings (SSSR count). The molecule has 0 heterocycles. The summed E-state index contributed by atoms with van der Waals surface area (Å²) in [5, 5.41) is 7.24. The first-order valence-electron chi connectivity index (χ1n) is 9.36. The van der Waals surface area contributed by atoms with E-state index in [0.29, 0.717) is 11.7 Å². The van der Waals surface area contributed by atoms with E-state index in [0.717, 1.165) is 35.8 Å². The van der Waals surface area contributed by atoms with Crippen molar-refractivity contribution in [2.45, 2.75) is 38.6 Å². The second-order valence-electron chi connectivity index (χ2n) is 7.05. The fourth-order valence-corrected chi connectivity index (χ4v) is 3.47. The zero-order valence-corrected chi connectivity index (χ0v) is 15.8. The molecule has 2 atom stereocenters. The molecule has 6 nitrogen and oxygen atoms in total. The monoisotopic (exact) mass is 370 g/mol. The third-order valence-electron chi connectivity index (χ3n) is 5.07. The zero-order chi connectivity index (χ0) is 19.2. The number of methoxy groups -OCH3 is 1. The van der Waals surface area contributed by atoms with Crippen LogP contribution in [0.2, 0.25) is 0 Å². The van der Waals surface area contributed by atoms with Gasteiger partial charge >= 0.3 is 6.03 Å². The normalized spacial score (nSPS) is 19.3. The van der Waals surface area contributed by atoms with Gasteiger partial charge in [-0.05, 0) is 53.8 Å². The van der Waals surface area contributed by atoms with Gasteiger partial charge in [0, 0.05) is 6.04 Å². The predicted molar refractivity (Wildman–Crippen MR) is 104 cm³/mol. The van der Waals surface area contributed by atoms with E-state index >= 15 is 0 Å². The lowest BCUT2D eigenvalue weighted by molar-refractivity contribution is -0.122. The third kappa shape index (κ3) is 5.12. The first-order chi connectivity index (χ1) is 13.0. The van der Waals surface area contributed by atoms with Crippen LogP contribution in [0.15, 0.2) is 36.4 Å². The zero-order valence-electron chi connectivity index (χ0n) is 15.8. The minimum absolute atomic E-state index is 0.128. The average molecular weight is 370 g/mol. The van der Waals surface area contributed by atoms with E-state index in [2.05, 4.69) is 17.6 Å². The van der Waals surface area contributed by atoms with Crippen LogP contribution in [-0.4, -0.2) is 31.7 Å². The van der Waals surface area contributed by atoms with Crippen LogP contribution in [0.1, 0.15) is 32.6 Å². The molecule has 27 heavy (non-hydrogen) atoms. The summed E-state index contributed by atoms with van der Waals surface area (Å²) >= 11 is 0. The van der Waals surface area contributed by atoms with Crippen LogP contribution < -0.4 is 20.1 Å². The number of rotatable bonds is 5. The quantitative estimate of drug-likeness (QED) is 0.843. The topological polar surface area (TPSA) is 76.7 Å². The Morgan fingerprint density at radius 1 is 1.04 bits per heavy atom. The molecular formula is C21H26N2O4. The minimum Gasteiger partial charge on any atom is -0.497 e. The van der Waals surface area contributed by atoms with E-state index in [1.165, 1.54) is 6.42 Å². The number of urea groups is 1. The van der Waals surface area contributed by atoms with Crippen molar-refractivity contribution in [3.05, 3.63) is 36.4 Å². The fraction of sp³-hybridized carbons (Fsp3) is 0.429. The highest BCUT2D eigenvalue weighted by atomic mass is 16.5. The van der Waals surface area contributed by atoms with Gasteiger partial charge in [-0.2, -0.15) is 0 Å². The van der Waals surface area contributed by atoms with Crippen molar-refractivity contribution in [2.24, 2.45) is 5.92 Å². The van der Waals surface area contributed by atoms with Crippen LogP contribution in [0.3, 0.4) is 0 Å². The van der Waals surface area contributed by atoms with Gasteiger partial charge < -0.3 is 14.8 Å². The fourth-order valence-electron chi connectivity index (χ4n) is 3.47. The smallest absolute Gasteiger partial charge is 0.321 e. The predicted octanol–water partition coefficient (Wildman–Crippen LogP) is 3.63. The molecule has 2 aromatic carbocycles. The molecule has 1 aliphatic carbocycles. The summed E-state index contributed by atoms with van der Waals surface area (Å²) in [4.78, 5) is 24.0. The minimum atomic E-state index is -0.471. The van der Waals surface area contributed by atoms with Crippen LogP contribution in [0.4, 0.5) is 4.79 Å². The molecule has 3 amide bonds. The molecule has 0 radical (unpaired) electrons. The van der Waals surface area contributed by atoms with E-state index in [1.54, 1.807) is 13.2 Å². The number of benzene rings is 2. The molecular weight excluding hydrogens is 344 g/mol. The number of nitrogens with one attached hydrogen (secondary N) is 2. The van der Waals surface area contributed by atoms with Crippen molar-refractivity contribution in [2.75, 3.05) is 13.7 Å². The number of ether oxygens (including phenoxy) is 2. The molecule has 1 aliphatic rings. The summed E-state index contributed by atoms with van der Waals surface area (Å²) in [6.07, 6.45) is 4.37. The maximum atomic E-state index is 12.0. The van der Waals surface area contributed by atoms with Crippen LogP contribution in [0, 0.1) is 5.92 Å². The highest BCUT2D eigenvalue weighted by Crippen LogP contribution is 2.25. The van der Waals surface area contributed by atoms with Crippen molar-refractivity contribution in [1.29, 1.82) is 0 Å². The van der Waals surface area contributed by atoms with Crippen LogP contribution in [0.25, 0.3) is 10.8 Å². The van der Waals surface area contributed by atoms with E-state index in [9.17, 15) is 9.59 Å². The van der Waals surface area contributed by atoms with Gasteiger partial charge in [0.2, 0.25) is 0 Å². The van der Waals surface area contributed by atoms with Crippen molar-refractivity contribution < 1.29 is 19.1 Å². The molecule has 0 aliphatic heterocycles. The second-order valence-corrected chi connectivity index (χ2v) is 7.05. The van der Waals surface area contributed by atoms with E-state index in [4.69, 9.17) is 9.47 Å². The maximum absolute atomic E-state index is 12.0. The number of carbonyl (C=O) groups excluding carboxylic acids is 2. The number of hydrogen-bond donors (Lipinski definition) is 2. The standard InChI is InChI=1S/C21H26N2O4/c1-14-5-3-4-6-19(14)22-21(25)23-20(24)13-27-18-10-8-15-7-9-17(26-2)11-16(15)12-18/h7-12,14,19H,3-6,13H2,1-2H3,(H2,22,23,24,25)/t14-,19+/m1/s1.